The molecule has 16 heavy (non-hydrogen) atoms. The first-order chi connectivity index (χ1) is 7.56. The van der Waals surface area contributed by atoms with Crippen LogP contribution in [0.1, 0.15) is 13.3 Å². The largest absolute Gasteiger partial charge is 0.472 e. The molecular weight excluding hydrogens is 212 g/mol. The lowest BCUT2D eigenvalue weighted by Crippen LogP contribution is -2.37. The minimum absolute atomic E-state index is 0.0147. The quantitative estimate of drug-likeness (QED) is 0.648. The molecular formula is C11H14O5. The van der Waals surface area contributed by atoms with E-state index in [1.54, 1.807) is 0 Å². The molecule has 1 N–H and O–H groups in total. The van der Waals surface area contributed by atoms with Gasteiger partial charge in [0.15, 0.2) is 0 Å². The first-order valence-electron chi connectivity index (χ1n) is 5.21. The Hall–Kier alpha value is -1.36. The Morgan fingerprint density at radius 1 is 1.62 bits per heavy atom. The van der Waals surface area contributed by atoms with E-state index >= 15 is 0 Å². The van der Waals surface area contributed by atoms with Gasteiger partial charge in [0.1, 0.15) is 5.78 Å². The van der Waals surface area contributed by atoms with Crippen molar-refractivity contribution in [1.29, 1.82) is 0 Å². The lowest BCUT2D eigenvalue weighted by atomic mass is 9.83. The van der Waals surface area contributed by atoms with Gasteiger partial charge in [-0.3, -0.25) is 4.79 Å². The monoisotopic (exact) mass is 226 g/mol. The highest BCUT2D eigenvalue weighted by molar-refractivity contribution is 5.99. The molecule has 2 aliphatic rings. The van der Waals surface area contributed by atoms with Crippen LogP contribution in [0.15, 0.2) is 11.8 Å². The predicted molar refractivity (Wildman–Crippen MR) is 53.0 cm³/mol. The van der Waals surface area contributed by atoms with Gasteiger partial charge in [-0.2, -0.15) is 0 Å². The molecule has 2 rings (SSSR count). The molecule has 1 heterocycles. The number of carbonyl (C=O) groups excluding carboxylic acids is 2. The van der Waals surface area contributed by atoms with Crippen molar-refractivity contribution in [2.75, 3.05) is 7.11 Å². The molecule has 0 saturated heterocycles. The van der Waals surface area contributed by atoms with Crippen LogP contribution in [0.25, 0.3) is 0 Å². The summed E-state index contributed by atoms with van der Waals surface area (Å²) in [6.45, 7) is 1.87. The third kappa shape index (κ3) is 1.51. The van der Waals surface area contributed by atoms with Crippen molar-refractivity contribution in [3.63, 3.8) is 0 Å². The summed E-state index contributed by atoms with van der Waals surface area (Å²) in [7, 11) is 1.26. The van der Waals surface area contributed by atoms with E-state index in [2.05, 4.69) is 4.74 Å². The van der Waals surface area contributed by atoms with E-state index in [4.69, 9.17) is 4.74 Å². The molecule has 1 aliphatic heterocycles. The molecule has 0 aromatic carbocycles. The third-order valence-electron chi connectivity index (χ3n) is 3.33. The molecule has 1 saturated carbocycles. The van der Waals surface area contributed by atoms with Gasteiger partial charge in [0.2, 0.25) is 6.29 Å². The molecule has 5 nitrogen and oxygen atoms in total. The summed E-state index contributed by atoms with van der Waals surface area (Å²) in [5.41, 5.74) is 0.215. The number of hydrogen-bond donors (Lipinski definition) is 1. The first-order valence-corrected chi connectivity index (χ1v) is 5.21. The fourth-order valence-electron chi connectivity index (χ4n) is 2.55. The number of rotatable bonds is 1. The van der Waals surface area contributed by atoms with Crippen LogP contribution in [0, 0.1) is 17.8 Å². The van der Waals surface area contributed by atoms with E-state index in [0.29, 0.717) is 6.42 Å². The number of ketones is 1. The maximum absolute atomic E-state index is 11.8. The van der Waals surface area contributed by atoms with Crippen LogP contribution < -0.4 is 0 Å². The number of methoxy groups -OCH3 is 1. The lowest BCUT2D eigenvalue weighted by Gasteiger charge is -2.30. The molecule has 0 aromatic heterocycles. The summed E-state index contributed by atoms with van der Waals surface area (Å²) in [4.78, 5) is 23.2. The third-order valence-corrected chi connectivity index (χ3v) is 3.33. The highest BCUT2D eigenvalue weighted by atomic mass is 16.6. The van der Waals surface area contributed by atoms with Crippen LogP contribution in [0.5, 0.6) is 0 Å². The maximum atomic E-state index is 11.8. The van der Waals surface area contributed by atoms with Gasteiger partial charge in [-0.1, -0.05) is 6.92 Å². The maximum Gasteiger partial charge on any atom is 0.337 e. The number of aliphatic hydroxyl groups excluding tert-OH is 1. The fourth-order valence-corrected chi connectivity index (χ4v) is 2.55. The highest BCUT2D eigenvalue weighted by Crippen LogP contribution is 2.43. The first kappa shape index (κ1) is 11.1. The number of esters is 1. The zero-order chi connectivity index (χ0) is 11.9. The summed E-state index contributed by atoms with van der Waals surface area (Å²) >= 11 is 0. The number of hydrogen-bond acceptors (Lipinski definition) is 5. The zero-order valence-corrected chi connectivity index (χ0v) is 9.17. The SMILES string of the molecule is COC(=O)C1=COC(O)C2C(C)CC(=O)C12. The average molecular weight is 226 g/mol. The Morgan fingerprint density at radius 2 is 2.31 bits per heavy atom. The van der Waals surface area contributed by atoms with Crippen LogP contribution in [-0.4, -0.2) is 30.3 Å². The van der Waals surface area contributed by atoms with Crippen molar-refractivity contribution in [2.45, 2.75) is 19.6 Å². The van der Waals surface area contributed by atoms with Crippen LogP contribution in [0.4, 0.5) is 0 Å². The van der Waals surface area contributed by atoms with Crippen molar-refractivity contribution >= 4 is 11.8 Å². The number of ether oxygens (including phenoxy) is 2. The van der Waals surface area contributed by atoms with Crippen LogP contribution in [0.2, 0.25) is 0 Å². The Kier molecular flexibility index (Phi) is 2.71. The van der Waals surface area contributed by atoms with Gasteiger partial charge in [-0.25, -0.2) is 4.79 Å². The second-order valence-electron chi connectivity index (χ2n) is 4.29. The van der Waals surface area contributed by atoms with Gasteiger partial charge >= 0.3 is 5.97 Å². The van der Waals surface area contributed by atoms with Gasteiger partial charge in [0, 0.05) is 12.3 Å². The molecule has 0 spiro atoms. The van der Waals surface area contributed by atoms with Gasteiger partial charge in [-0.15, -0.1) is 0 Å². The Labute approximate surface area is 93.0 Å². The second-order valence-corrected chi connectivity index (χ2v) is 4.29. The Bertz CT molecular complexity index is 359. The zero-order valence-electron chi connectivity index (χ0n) is 9.17. The molecule has 0 bridgehead atoms. The summed E-state index contributed by atoms with van der Waals surface area (Å²) in [5, 5.41) is 9.67. The topological polar surface area (TPSA) is 72.8 Å². The molecule has 88 valence electrons. The van der Waals surface area contributed by atoms with Gasteiger partial charge < -0.3 is 14.6 Å². The molecule has 1 aliphatic carbocycles. The lowest BCUT2D eigenvalue weighted by molar-refractivity contribution is -0.148. The van der Waals surface area contributed by atoms with Crippen molar-refractivity contribution in [2.24, 2.45) is 17.8 Å². The molecule has 4 unspecified atom stereocenters. The Balaban J connectivity index is 2.35. The van der Waals surface area contributed by atoms with E-state index in [9.17, 15) is 14.7 Å². The molecule has 0 radical (unpaired) electrons. The fraction of sp³-hybridized carbons (Fsp3) is 0.636. The molecule has 5 heteroatoms. The van der Waals surface area contributed by atoms with Gasteiger partial charge in [0.05, 0.1) is 24.9 Å². The van der Waals surface area contributed by atoms with E-state index in [1.165, 1.54) is 7.11 Å². The molecule has 4 atom stereocenters. The van der Waals surface area contributed by atoms with Crippen LogP contribution in [-0.2, 0) is 19.1 Å². The predicted octanol–water partition coefficient (Wildman–Crippen LogP) is 0.233. The van der Waals surface area contributed by atoms with Crippen molar-refractivity contribution in [3.05, 3.63) is 11.8 Å². The highest BCUT2D eigenvalue weighted by Gasteiger charge is 2.50. The van der Waals surface area contributed by atoms with E-state index in [-0.39, 0.29) is 23.2 Å². The summed E-state index contributed by atoms with van der Waals surface area (Å²) in [6, 6.07) is 0. The standard InChI is InChI=1S/C11H14O5/c1-5-3-7(12)9-6(10(13)15-2)4-16-11(14)8(5)9/h4-5,8-9,11,14H,3H2,1-2H3. The normalized spacial score (nSPS) is 37.4. The number of aliphatic hydroxyl groups is 1. The molecule has 0 aromatic rings. The summed E-state index contributed by atoms with van der Waals surface area (Å²) in [6.07, 6.45) is 0.498. The number of fused-ring (bicyclic) bond motifs is 1. The smallest absolute Gasteiger partial charge is 0.337 e. The second kappa shape index (κ2) is 3.90. The van der Waals surface area contributed by atoms with Gasteiger partial charge in [0.25, 0.3) is 0 Å². The van der Waals surface area contributed by atoms with E-state index < -0.39 is 18.2 Å². The van der Waals surface area contributed by atoms with Crippen molar-refractivity contribution in [3.8, 4) is 0 Å². The van der Waals surface area contributed by atoms with E-state index in [1.807, 2.05) is 6.92 Å². The number of carbonyl (C=O) groups is 2. The van der Waals surface area contributed by atoms with Crippen molar-refractivity contribution < 1.29 is 24.2 Å². The summed E-state index contributed by atoms with van der Waals surface area (Å²) in [5.74, 6) is -1.50. The number of Topliss-reactive ketones (excluding diaryl/α,β-unsaturated/α-hetero) is 1. The minimum atomic E-state index is -1.01. The Morgan fingerprint density at radius 3 is 2.94 bits per heavy atom. The summed E-state index contributed by atoms with van der Waals surface area (Å²) < 4.78 is 9.58. The van der Waals surface area contributed by atoms with Crippen LogP contribution >= 0.6 is 0 Å². The minimum Gasteiger partial charge on any atom is -0.472 e. The van der Waals surface area contributed by atoms with E-state index in [0.717, 1.165) is 6.26 Å². The molecule has 1 fully saturated rings. The van der Waals surface area contributed by atoms with Gasteiger partial charge in [-0.05, 0) is 5.92 Å². The van der Waals surface area contributed by atoms with Crippen molar-refractivity contribution in [1.82, 2.24) is 0 Å². The van der Waals surface area contributed by atoms with Crippen LogP contribution in [0.3, 0.4) is 0 Å². The average Bonchev–Trinajstić information content (AvgIpc) is 2.55. The molecule has 0 amide bonds.